The molecule has 0 N–H and O–H groups in total. The van der Waals surface area contributed by atoms with Crippen LogP contribution in [0.1, 0.15) is 54.4 Å². The van der Waals surface area contributed by atoms with Crippen LogP contribution in [-0.4, -0.2) is 47.5 Å². The Morgan fingerprint density at radius 3 is 2.33 bits per heavy atom. The first-order valence-corrected chi connectivity index (χ1v) is 7.25. The fourth-order valence-electron chi connectivity index (χ4n) is 2.60. The van der Waals surface area contributed by atoms with Gasteiger partial charge in [-0.2, -0.15) is 0 Å². The molecular formula is C15H27NO5. The van der Waals surface area contributed by atoms with Gasteiger partial charge in [-0.15, -0.1) is 0 Å². The largest absolute Gasteiger partial charge is 0.469 e. The fourth-order valence-corrected chi connectivity index (χ4v) is 2.60. The van der Waals surface area contributed by atoms with Gasteiger partial charge < -0.3 is 14.2 Å². The van der Waals surface area contributed by atoms with Crippen molar-refractivity contribution >= 4 is 12.1 Å². The maximum atomic E-state index is 12.5. The van der Waals surface area contributed by atoms with Crippen molar-refractivity contribution in [3.63, 3.8) is 0 Å². The Hall–Kier alpha value is -1.30. The second kappa shape index (κ2) is 6.22. The molecule has 0 aromatic carbocycles. The third-order valence-corrected chi connectivity index (χ3v) is 3.39. The number of esters is 1. The van der Waals surface area contributed by atoms with Crippen molar-refractivity contribution in [2.45, 2.75) is 77.9 Å². The number of ether oxygens (including phenoxy) is 3. The lowest BCUT2D eigenvalue weighted by Crippen LogP contribution is -2.50. The van der Waals surface area contributed by atoms with E-state index in [9.17, 15) is 9.59 Å². The lowest BCUT2D eigenvalue weighted by Gasteiger charge is -2.35. The van der Waals surface area contributed by atoms with Crippen molar-refractivity contribution in [3.8, 4) is 0 Å². The van der Waals surface area contributed by atoms with Crippen LogP contribution >= 0.6 is 0 Å². The van der Waals surface area contributed by atoms with Crippen molar-refractivity contribution in [2.75, 3.05) is 7.11 Å². The Morgan fingerprint density at radius 1 is 1.29 bits per heavy atom. The van der Waals surface area contributed by atoms with Crippen molar-refractivity contribution in [1.29, 1.82) is 0 Å². The van der Waals surface area contributed by atoms with Gasteiger partial charge in [0.2, 0.25) is 0 Å². The molecule has 0 aliphatic carbocycles. The maximum absolute atomic E-state index is 12.5. The lowest BCUT2D eigenvalue weighted by molar-refractivity contribution is -0.141. The number of carbonyl (C=O) groups excluding carboxylic acids is 2. The molecule has 6 heteroatoms. The highest BCUT2D eigenvalue weighted by atomic mass is 16.6. The van der Waals surface area contributed by atoms with Gasteiger partial charge in [-0.05, 0) is 48.0 Å². The average Bonchev–Trinajstić information content (AvgIpc) is 2.52. The van der Waals surface area contributed by atoms with E-state index in [0.29, 0.717) is 6.42 Å². The summed E-state index contributed by atoms with van der Waals surface area (Å²) in [5.41, 5.74) is -1.34. The summed E-state index contributed by atoms with van der Waals surface area (Å²) < 4.78 is 16.0. The standard InChI is InChI=1S/C15H27NO5/c1-10-11(8-9-12(17)19-7)16(15(5,6)20-10)13(18)21-14(2,3)4/h10-11H,8-9H2,1-7H3/t10-,11?/m0/s1. The second-order valence-corrected chi connectivity index (χ2v) is 6.80. The second-order valence-electron chi connectivity index (χ2n) is 6.80. The summed E-state index contributed by atoms with van der Waals surface area (Å²) in [5.74, 6) is -0.295. The molecule has 0 saturated carbocycles. The number of nitrogens with zero attached hydrogens (tertiary/aromatic N) is 1. The van der Waals surface area contributed by atoms with Crippen molar-refractivity contribution < 1.29 is 23.8 Å². The first-order valence-electron chi connectivity index (χ1n) is 7.25. The first-order chi connectivity index (χ1) is 9.48. The molecule has 0 bridgehead atoms. The molecule has 1 aliphatic heterocycles. The van der Waals surface area contributed by atoms with Crippen LogP contribution in [0.15, 0.2) is 0 Å². The predicted octanol–water partition coefficient (Wildman–Crippen LogP) is 2.70. The topological polar surface area (TPSA) is 65.1 Å². The molecule has 0 aromatic heterocycles. The molecule has 1 amide bonds. The Balaban J connectivity index is 2.87. The summed E-state index contributed by atoms with van der Waals surface area (Å²) >= 11 is 0. The van der Waals surface area contributed by atoms with E-state index >= 15 is 0 Å². The molecule has 0 aromatic rings. The smallest absolute Gasteiger partial charge is 0.412 e. The lowest BCUT2D eigenvalue weighted by atomic mass is 10.1. The number of carbonyl (C=O) groups is 2. The molecular weight excluding hydrogens is 274 g/mol. The van der Waals surface area contributed by atoms with Crippen LogP contribution in [0, 0.1) is 0 Å². The molecule has 1 saturated heterocycles. The molecule has 0 radical (unpaired) electrons. The van der Waals surface area contributed by atoms with Gasteiger partial charge in [0, 0.05) is 6.42 Å². The van der Waals surface area contributed by atoms with E-state index in [2.05, 4.69) is 4.74 Å². The van der Waals surface area contributed by atoms with Gasteiger partial charge in [-0.1, -0.05) is 0 Å². The van der Waals surface area contributed by atoms with E-state index in [-0.39, 0.29) is 24.5 Å². The van der Waals surface area contributed by atoms with Crippen LogP contribution in [0.3, 0.4) is 0 Å². The van der Waals surface area contributed by atoms with E-state index in [1.54, 1.807) is 4.90 Å². The molecule has 6 nitrogen and oxygen atoms in total. The highest BCUT2D eigenvalue weighted by Crippen LogP contribution is 2.35. The minimum Gasteiger partial charge on any atom is -0.469 e. The van der Waals surface area contributed by atoms with Crippen LogP contribution in [0.4, 0.5) is 4.79 Å². The molecule has 1 rings (SSSR count). The van der Waals surface area contributed by atoms with Gasteiger partial charge >= 0.3 is 12.1 Å². The summed E-state index contributed by atoms with van der Waals surface area (Å²) in [6, 6.07) is -0.214. The summed E-state index contributed by atoms with van der Waals surface area (Å²) in [6.45, 7) is 11.0. The summed E-state index contributed by atoms with van der Waals surface area (Å²) in [6.07, 6.45) is 0.129. The number of hydrogen-bond donors (Lipinski definition) is 0. The van der Waals surface area contributed by atoms with Crippen molar-refractivity contribution in [3.05, 3.63) is 0 Å². The highest BCUT2D eigenvalue weighted by Gasteiger charge is 2.49. The molecule has 1 fully saturated rings. The summed E-state index contributed by atoms with van der Waals surface area (Å²) in [5, 5.41) is 0. The zero-order chi connectivity index (χ0) is 16.4. The molecule has 0 spiro atoms. The predicted molar refractivity (Wildman–Crippen MR) is 77.7 cm³/mol. The molecule has 1 unspecified atom stereocenters. The monoisotopic (exact) mass is 301 g/mol. The van der Waals surface area contributed by atoms with E-state index in [0.717, 1.165) is 0 Å². The van der Waals surface area contributed by atoms with Gasteiger partial charge in [0.25, 0.3) is 0 Å². The third-order valence-electron chi connectivity index (χ3n) is 3.39. The number of methoxy groups -OCH3 is 1. The normalized spacial score (nSPS) is 24.8. The van der Waals surface area contributed by atoms with Crippen molar-refractivity contribution in [1.82, 2.24) is 4.90 Å². The van der Waals surface area contributed by atoms with E-state index in [1.807, 2.05) is 41.5 Å². The minimum absolute atomic E-state index is 0.169. The van der Waals surface area contributed by atoms with E-state index in [4.69, 9.17) is 9.47 Å². The zero-order valence-corrected chi connectivity index (χ0v) is 14.1. The highest BCUT2D eigenvalue weighted by molar-refractivity contribution is 5.71. The van der Waals surface area contributed by atoms with Crippen LogP contribution in [0.25, 0.3) is 0 Å². The van der Waals surface area contributed by atoms with Crippen LogP contribution in [-0.2, 0) is 19.0 Å². The quantitative estimate of drug-likeness (QED) is 0.750. The van der Waals surface area contributed by atoms with Crippen molar-refractivity contribution in [2.24, 2.45) is 0 Å². The van der Waals surface area contributed by atoms with Crippen LogP contribution < -0.4 is 0 Å². The molecule has 1 aliphatic rings. The Morgan fingerprint density at radius 2 is 1.86 bits per heavy atom. The minimum atomic E-state index is -0.761. The average molecular weight is 301 g/mol. The SMILES string of the molecule is COC(=O)CCC1[C@H](C)OC(C)(C)N1C(=O)OC(C)(C)C. The van der Waals surface area contributed by atoms with Gasteiger partial charge in [-0.25, -0.2) is 4.79 Å². The Bertz CT molecular complexity index is 399. The molecule has 2 atom stereocenters. The fraction of sp³-hybridized carbons (Fsp3) is 0.867. The first kappa shape index (κ1) is 17.8. The third kappa shape index (κ3) is 4.59. The molecule has 21 heavy (non-hydrogen) atoms. The number of hydrogen-bond acceptors (Lipinski definition) is 5. The van der Waals surface area contributed by atoms with Gasteiger partial charge in [0.05, 0.1) is 19.3 Å². The summed E-state index contributed by atoms with van der Waals surface area (Å²) in [7, 11) is 1.35. The Kier molecular flexibility index (Phi) is 5.25. The van der Waals surface area contributed by atoms with Gasteiger partial charge in [-0.3, -0.25) is 9.69 Å². The van der Waals surface area contributed by atoms with Crippen LogP contribution in [0.5, 0.6) is 0 Å². The zero-order valence-electron chi connectivity index (χ0n) is 14.1. The van der Waals surface area contributed by atoms with Gasteiger partial charge in [0.1, 0.15) is 11.3 Å². The number of rotatable bonds is 3. The van der Waals surface area contributed by atoms with Gasteiger partial charge in [0.15, 0.2) is 0 Å². The Labute approximate surface area is 126 Å². The summed E-state index contributed by atoms with van der Waals surface area (Å²) in [4.78, 5) is 25.4. The van der Waals surface area contributed by atoms with Crippen LogP contribution in [0.2, 0.25) is 0 Å². The van der Waals surface area contributed by atoms with E-state index in [1.165, 1.54) is 7.11 Å². The van der Waals surface area contributed by atoms with E-state index < -0.39 is 17.4 Å². The maximum Gasteiger partial charge on any atom is 0.412 e. The molecule has 122 valence electrons. The number of amides is 1. The molecule has 1 heterocycles.